The van der Waals surface area contributed by atoms with Crippen LogP contribution >= 0.6 is 11.6 Å². The molecule has 0 unspecified atom stereocenters. The molecule has 0 spiro atoms. The Morgan fingerprint density at radius 2 is 1.30 bits per heavy atom. The predicted molar refractivity (Wildman–Crippen MR) is 145 cm³/mol. The minimum Gasteiger partial charge on any atom is -0.368 e. The minimum atomic E-state index is -0.286. The Hall–Kier alpha value is -3.72. The van der Waals surface area contributed by atoms with Crippen LogP contribution < -0.4 is 4.90 Å². The molecule has 0 saturated carbocycles. The zero-order valence-electron chi connectivity index (χ0n) is 20.5. The van der Waals surface area contributed by atoms with Gasteiger partial charge in [0.1, 0.15) is 17.7 Å². The number of aryl methyl sites for hydroxylation is 1. The standard InChI is InChI=1S/C31H26ClF2N3/c1-21-18-25(22-2-8-26(32)9-3-22)19-30(29(21)20-35)36-14-16-37(17-15-36)31(23-4-10-27(33)11-5-23)24-6-12-28(34)13-7-24/h2-13,18-19,31H,14-17H2,1H3. The van der Waals surface area contributed by atoms with Crippen molar-refractivity contribution in [3.8, 4) is 17.2 Å². The molecular weight excluding hydrogens is 488 g/mol. The lowest BCUT2D eigenvalue weighted by molar-refractivity contribution is 0.212. The molecule has 0 radical (unpaired) electrons. The second-order valence-electron chi connectivity index (χ2n) is 9.33. The summed E-state index contributed by atoms with van der Waals surface area (Å²) in [4.78, 5) is 4.59. The summed E-state index contributed by atoms with van der Waals surface area (Å²) in [5.74, 6) is -0.571. The zero-order chi connectivity index (χ0) is 25.9. The number of anilines is 1. The largest absolute Gasteiger partial charge is 0.368 e. The van der Waals surface area contributed by atoms with Crippen molar-refractivity contribution in [1.82, 2.24) is 4.90 Å². The van der Waals surface area contributed by atoms with Crippen LogP contribution in [0.5, 0.6) is 0 Å². The third kappa shape index (κ3) is 5.36. The number of nitriles is 1. The van der Waals surface area contributed by atoms with Crippen molar-refractivity contribution >= 4 is 17.3 Å². The van der Waals surface area contributed by atoms with Gasteiger partial charge >= 0.3 is 0 Å². The van der Waals surface area contributed by atoms with E-state index in [0.717, 1.165) is 59.7 Å². The van der Waals surface area contributed by atoms with Crippen LogP contribution in [0.4, 0.5) is 14.5 Å². The van der Waals surface area contributed by atoms with E-state index in [-0.39, 0.29) is 17.7 Å². The summed E-state index contributed by atoms with van der Waals surface area (Å²) < 4.78 is 27.3. The average Bonchev–Trinajstić information content (AvgIpc) is 2.91. The lowest BCUT2D eigenvalue weighted by Crippen LogP contribution is -2.48. The predicted octanol–water partition coefficient (Wildman–Crippen LogP) is 7.38. The molecule has 1 saturated heterocycles. The van der Waals surface area contributed by atoms with Crippen LogP contribution in [0.3, 0.4) is 0 Å². The highest BCUT2D eigenvalue weighted by Crippen LogP contribution is 2.34. The van der Waals surface area contributed by atoms with Crippen molar-refractivity contribution in [2.24, 2.45) is 0 Å². The van der Waals surface area contributed by atoms with Crippen LogP contribution in [0.1, 0.15) is 28.3 Å². The molecule has 5 rings (SSSR count). The number of benzene rings is 4. The van der Waals surface area contributed by atoms with Gasteiger partial charge in [0.15, 0.2) is 0 Å². The van der Waals surface area contributed by atoms with Gasteiger partial charge in [-0.15, -0.1) is 0 Å². The van der Waals surface area contributed by atoms with Gasteiger partial charge in [0.25, 0.3) is 0 Å². The Bertz CT molecular complexity index is 1370. The quantitative estimate of drug-likeness (QED) is 0.279. The molecular formula is C31H26ClF2N3. The first kappa shape index (κ1) is 25.0. The minimum absolute atomic E-state index is 0.124. The lowest BCUT2D eigenvalue weighted by atomic mass is 9.95. The highest BCUT2D eigenvalue weighted by molar-refractivity contribution is 6.30. The maximum Gasteiger partial charge on any atom is 0.123 e. The van der Waals surface area contributed by atoms with Crippen molar-refractivity contribution in [1.29, 1.82) is 5.26 Å². The van der Waals surface area contributed by atoms with E-state index in [2.05, 4.69) is 21.9 Å². The van der Waals surface area contributed by atoms with E-state index in [9.17, 15) is 14.0 Å². The number of hydrogen-bond donors (Lipinski definition) is 0. The molecule has 0 atom stereocenters. The van der Waals surface area contributed by atoms with Gasteiger partial charge in [0, 0.05) is 31.2 Å². The van der Waals surface area contributed by atoms with E-state index in [4.69, 9.17) is 11.6 Å². The fourth-order valence-corrected chi connectivity index (χ4v) is 5.22. The Morgan fingerprint density at radius 3 is 1.81 bits per heavy atom. The molecule has 0 aliphatic carbocycles. The molecule has 0 aromatic heterocycles. The Labute approximate surface area is 221 Å². The molecule has 3 nitrogen and oxygen atoms in total. The number of piperazine rings is 1. The second-order valence-corrected chi connectivity index (χ2v) is 9.77. The lowest BCUT2D eigenvalue weighted by Gasteiger charge is -2.41. The molecule has 0 amide bonds. The fraction of sp³-hybridized carbons (Fsp3) is 0.194. The molecule has 1 aliphatic heterocycles. The van der Waals surface area contributed by atoms with Crippen LogP contribution in [0.15, 0.2) is 84.9 Å². The fourth-order valence-electron chi connectivity index (χ4n) is 5.10. The Balaban J connectivity index is 1.43. The van der Waals surface area contributed by atoms with E-state index >= 15 is 0 Å². The SMILES string of the molecule is Cc1cc(-c2ccc(Cl)cc2)cc(N2CCN(C(c3ccc(F)cc3)c3ccc(F)cc3)CC2)c1C#N. The topological polar surface area (TPSA) is 30.3 Å². The van der Waals surface area contributed by atoms with E-state index in [0.29, 0.717) is 10.6 Å². The van der Waals surface area contributed by atoms with E-state index < -0.39 is 0 Å². The highest BCUT2D eigenvalue weighted by atomic mass is 35.5. The highest BCUT2D eigenvalue weighted by Gasteiger charge is 2.28. The molecule has 4 aromatic rings. The zero-order valence-corrected chi connectivity index (χ0v) is 21.2. The van der Waals surface area contributed by atoms with Crippen LogP contribution in [0, 0.1) is 29.9 Å². The summed E-state index contributed by atoms with van der Waals surface area (Å²) in [6, 6.07) is 27.1. The Morgan fingerprint density at radius 1 is 0.757 bits per heavy atom. The molecule has 4 aromatic carbocycles. The van der Waals surface area contributed by atoms with Crippen molar-refractivity contribution in [3.05, 3.63) is 124 Å². The average molecular weight is 514 g/mol. The first-order valence-corrected chi connectivity index (χ1v) is 12.6. The van der Waals surface area contributed by atoms with Crippen LogP contribution in [-0.4, -0.2) is 31.1 Å². The second kappa shape index (κ2) is 10.7. The van der Waals surface area contributed by atoms with Gasteiger partial charge < -0.3 is 4.90 Å². The summed E-state index contributed by atoms with van der Waals surface area (Å²) in [5.41, 5.74) is 6.54. The molecule has 6 heteroatoms. The first-order chi connectivity index (χ1) is 17.9. The van der Waals surface area contributed by atoms with E-state index in [1.54, 1.807) is 24.3 Å². The molecule has 1 fully saturated rings. The van der Waals surface area contributed by atoms with Crippen LogP contribution in [-0.2, 0) is 0 Å². The molecule has 1 heterocycles. The van der Waals surface area contributed by atoms with Crippen molar-refractivity contribution in [3.63, 3.8) is 0 Å². The van der Waals surface area contributed by atoms with Gasteiger partial charge in [0.05, 0.1) is 17.3 Å². The van der Waals surface area contributed by atoms with Gasteiger partial charge in [-0.1, -0.05) is 48.0 Å². The summed E-state index contributed by atoms with van der Waals surface area (Å²) in [7, 11) is 0. The van der Waals surface area contributed by atoms with Crippen LogP contribution in [0.25, 0.3) is 11.1 Å². The van der Waals surface area contributed by atoms with Crippen molar-refractivity contribution in [2.45, 2.75) is 13.0 Å². The van der Waals surface area contributed by atoms with Gasteiger partial charge in [-0.05, 0) is 83.3 Å². The molecule has 37 heavy (non-hydrogen) atoms. The Kier molecular flexibility index (Phi) is 7.23. The van der Waals surface area contributed by atoms with Gasteiger partial charge in [0.2, 0.25) is 0 Å². The third-order valence-corrected chi connectivity index (χ3v) is 7.25. The number of nitrogens with zero attached hydrogens (tertiary/aromatic N) is 3. The first-order valence-electron chi connectivity index (χ1n) is 12.2. The molecule has 0 bridgehead atoms. The van der Waals surface area contributed by atoms with Crippen LogP contribution in [0.2, 0.25) is 5.02 Å². The number of rotatable bonds is 5. The maximum absolute atomic E-state index is 13.7. The molecule has 0 N–H and O–H groups in total. The summed E-state index contributed by atoms with van der Waals surface area (Å²) in [5, 5.41) is 10.6. The maximum atomic E-state index is 13.7. The van der Waals surface area contributed by atoms with E-state index in [1.165, 1.54) is 24.3 Å². The van der Waals surface area contributed by atoms with Gasteiger partial charge in [-0.2, -0.15) is 5.26 Å². The molecule has 186 valence electrons. The molecule has 1 aliphatic rings. The smallest absolute Gasteiger partial charge is 0.123 e. The van der Waals surface area contributed by atoms with E-state index in [1.807, 2.05) is 37.3 Å². The number of halogens is 3. The van der Waals surface area contributed by atoms with Crippen molar-refractivity contribution < 1.29 is 8.78 Å². The normalized spacial score (nSPS) is 14.1. The summed E-state index contributed by atoms with van der Waals surface area (Å²) >= 11 is 6.08. The van der Waals surface area contributed by atoms with Gasteiger partial charge in [-0.25, -0.2) is 8.78 Å². The summed E-state index contributed by atoms with van der Waals surface area (Å²) in [6.45, 7) is 4.87. The van der Waals surface area contributed by atoms with Crippen molar-refractivity contribution in [2.75, 3.05) is 31.1 Å². The monoisotopic (exact) mass is 513 g/mol. The summed E-state index contributed by atoms with van der Waals surface area (Å²) in [6.07, 6.45) is 0. The van der Waals surface area contributed by atoms with Gasteiger partial charge in [-0.3, -0.25) is 4.90 Å². The third-order valence-electron chi connectivity index (χ3n) is 7.00. The number of hydrogen-bond acceptors (Lipinski definition) is 3.